The van der Waals surface area contributed by atoms with Gasteiger partial charge >= 0.3 is 6.09 Å². The van der Waals surface area contributed by atoms with Crippen LogP contribution in [-0.2, 0) is 16.1 Å². The summed E-state index contributed by atoms with van der Waals surface area (Å²) in [6.07, 6.45) is -0.615. The second-order valence-electron chi connectivity index (χ2n) is 9.61. The van der Waals surface area contributed by atoms with Crippen LogP contribution in [0.25, 0.3) is 10.8 Å². The fraction of sp³-hybridized carbons (Fsp3) is 0.200. The van der Waals surface area contributed by atoms with E-state index in [0.29, 0.717) is 29.4 Å². The number of amides is 2. The Bertz CT molecular complexity index is 1380. The molecule has 7 nitrogen and oxygen atoms in total. The second-order valence-corrected chi connectivity index (χ2v) is 9.61. The third-order valence-corrected chi connectivity index (χ3v) is 5.52. The maximum absolute atomic E-state index is 13.2. The molecule has 37 heavy (non-hydrogen) atoms. The molecule has 4 aromatic carbocycles. The van der Waals surface area contributed by atoms with E-state index in [1.165, 1.54) is 4.90 Å². The number of carbonyl (C=O) groups excluding carboxylic acids is 2. The summed E-state index contributed by atoms with van der Waals surface area (Å²) >= 11 is 0. The third-order valence-electron chi connectivity index (χ3n) is 5.52. The highest BCUT2D eigenvalue weighted by Gasteiger charge is 2.26. The molecule has 0 aliphatic carbocycles. The molecule has 0 aliphatic rings. The fourth-order valence-corrected chi connectivity index (χ4v) is 3.87. The van der Waals surface area contributed by atoms with Crippen LogP contribution in [0.1, 0.15) is 26.3 Å². The molecule has 3 N–H and O–H groups in total. The first-order valence-corrected chi connectivity index (χ1v) is 12.0. The lowest BCUT2D eigenvalue weighted by Crippen LogP contribution is -2.41. The van der Waals surface area contributed by atoms with Gasteiger partial charge in [-0.25, -0.2) is 4.79 Å². The molecule has 0 atom stereocenters. The van der Waals surface area contributed by atoms with Crippen LogP contribution in [0.5, 0.6) is 5.75 Å². The number of carbonyl (C=O) groups is 2. The van der Waals surface area contributed by atoms with Crippen molar-refractivity contribution in [1.29, 1.82) is 0 Å². The maximum atomic E-state index is 13.2. The monoisotopic (exact) mass is 497 g/mol. The van der Waals surface area contributed by atoms with Gasteiger partial charge in [-0.15, -0.1) is 0 Å². The highest BCUT2D eigenvalue weighted by molar-refractivity contribution is 6.10. The van der Waals surface area contributed by atoms with Crippen molar-refractivity contribution >= 4 is 39.8 Å². The molecule has 0 aromatic heterocycles. The highest BCUT2D eigenvalue weighted by Crippen LogP contribution is 2.37. The smallest absolute Gasteiger partial charge is 0.415 e. The largest absolute Gasteiger partial charge is 0.488 e. The van der Waals surface area contributed by atoms with E-state index in [9.17, 15) is 9.59 Å². The van der Waals surface area contributed by atoms with Crippen LogP contribution in [0, 0.1) is 0 Å². The van der Waals surface area contributed by atoms with Gasteiger partial charge < -0.3 is 20.5 Å². The van der Waals surface area contributed by atoms with Crippen LogP contribution in [0.15, 0.2) is 91.0 Å². The third kappa shape index (κ3) is 6.58. The van der Waals surface area contributed by atoms with E-state index in [2.05, 4.69) is 5.32 Å². The van der Waals surface area contributed by atoms with Gasteiger partial charge in [0.05, 0.1) is 11.4 Å². The van der Waals surface area contributed by atoms with Crippen LogP contribution in [-0.4, -0.2) is 24.1 Å². The van der Waals surface area contributed by atoms with Gasteiger partial charge in [-0.05, 0) is 38.5 Å². The zero-order chi connectivity index (χ0) is 26.4. The SMILES string of the molecule is CC(C)(C)OC(=O)N(CC(=O)Nc1c(N)cc(OCc2ccccc2)c2ccccc12)c1ccccc1. The first kappa shape index (κ1) is 25.6. The molecule has 0 saturated carbocycles. The molecule has 0 unspecified atom stereocenters. The van der Waals surface area contributed by atoms with Gasteiger partial charge in [-0.1, -0.05) is 72.8 Å². The van der Waals surface area contributed by atoms with Gasteiger partial charge in [-0.3, -0.25) is 9.69 Å². The Balaban J connectivity index is 1.58. The molecular formula is C30H31N3O4. The molecule has 190 valence electrons. The summed E-state index contributed by atoms with van der Waals surface area (Å²) in [5, 5.41) is 4.46. The second kappa shape index (κ2) is 11.0. The number of nitrogen functional groups attached to an aromatic ring is 1. The number of nitrogens with zero attached hydrogens (tertiary/aromatic N) is 1. The average Bonchev–Trinajstić information content (AvgIpc) is 2.88. The Kier molecular flexibility index (Phi) is 7.63. The van der Waals surface area contributed by atoms with Crippen molar-refractivity contribution in [1.82, 2.24) is 0 Å². The average molecular weight is 498 g/mol. The lowest BCUT2D eigenvalue weighted by atomic mass is 10.1. The topological polar surface area (TPSA) is 93.9 Å². The Labute approximate surface area is 216 Å². The Morgan fingerprint density at radius 1 is 0.865 bits per heavy atom. The van der Waals surface area contributed by atoms with Crippen LogP contribution >= 0.6 is 0 Å². The van der Waals surface area contributed by atoms with Gasteiger partial charge in [0.15, 0.2) is 0 Å². The number of nitrogens with two attached hydrogens (primary N) is 1. The van der Waals surface area contributed by atoms with Gasteiger partial charge in [0, 0.05) is 22.5 Å². The molecule has 0 fully saturated rings. The Hall–Kier alpha value is -4.52. The lowest BCUT2D eigenvalue weighted by molar-refractivity contribution is -0.115. The predicted octanol–water partition coefficient (Wildman–Crippen LogP) is 6.38. The zero-order valence-electron chi connectivity index (χ0n) is 21.2. The van der Waals surface area contributed by atoms with Gasteiger partial charge in [0.25, 0.3) is 0 Å². The molecule has 0 saturated heterocycles. The zero-order valence-corrected chi connectivity index (χ0v) is 21.2. The minimum absolute atomic E-state index is 0.251. The van der Waals surface area contributed by atoms with E-state index >= 15 is 0 Å². The van der Waals surface area contributed by atoms with E-state index in [-0.39, 0.29) is 6.54 Å². The van der Waals surface area contributed by atoms with Crippen molar-refractivity contribution in [2.75, 3.05) is 22.5 Å². The molecular weight excluding hydrogens is 466 g/mol. The van der Waals surface area contributed by atoms with Crippen molar-refractivity contribution in [3.8, 4) is 5.75 Å². The molecule has 0 spiro atoms. The van der Waals surface area contributed by atoms with E-state index < -0.39 is 17.6 Å². The summed E-state index contributed by atoms with van der Waals surface area (Å²) in [7, 11) is 0. The van der Waals surface area contributed by atoms with Crippen molar-refractivity contribution in [2.45, 2.75) is 33.0 Å². The van der Waals surface area contributed by atoms with Crippen molar-refractivity contribution < 1.29 is 19.1 Å². The molecule has 7 heteroatoms. The molecule has 4 aromatic rings. The van der Waals surface area contributed by atoms with Crippen molar-refractivity contribution in [3.63, 3.8) is 0 Å². The minimum atomic E-state index is -0.712. The highest BCUT2D eigenvalue weighted by atomic mass is 16.6. The quantitative estimate of drug-likeness (QED) is 0.289. The van der Waals surface area contributed by atoms with Gasteiger partial charge in [-0.2, -0.15) is 0 Å². The predicted molar refractivity (Wildman–Crippen MR) is 148 cm³/mol. The summed E-state index contributed by atoms with van der Waals surface area (Å²) in [5.41, 5.74) is 8.08. The number of hydrogen-bond acceptors (Lipinski definition) is 5. The van der Waals surface area contributed by atoms with Crippen molar-refractivity contribution in [3.05, 3.63) is 96.6 Å². The number of hydrogen-bond donors (Lipinski definition) is 2. The van der Waals surface area contributed by atoms with Gasteiger partial charge in [0.2, 0.25) is 5.91 Å². The summed E-state index contributed by atoms with van der Waals surface area (Å²) in [5.74, 6) is 0.208. The summed E-state index contributed by atoms with van der Waals surface area (Å²) < 4.78 is 11.6. The van der Waals surface area contributed by atoms with E-state index in [1.54, 1.807) is 51.1 Å². The first-order chi connectivity index (χ1) is 17.7. The standard InChI is InChI=1S/C30H31N3O4/c1-30(2,3)37-29(35)33(22-14-8-5-9-15-22)19-27(34)32-28-24-17-11-10-16-23(24)26(18-25(28)31)36-20-21-12-6-4-7-13-21/h4-18H,19-20,31H2,1-3H3,(H,32,34). The van der Waals surface area contributed by atoms with Crippen molar-refractivity contribution in [2.24, 2.45) is 0 Å². The number of ether oxygens (including phenoxy) is 2. The molecule has 0 aliphatic heterocycles. The minimum Gasteiger partial charge on any atom is -0.488 e. The molecule has 4 rings (SSSR count). The van der Waals surface area contributed by atoms with Crippen LogP contribution in [0.4, 0.5) is 21.9 Å². The van der Waals surface area contributed by atoms with Crippen LogP contribution in [0.2, 0.25) is 0 Å². The molecule has 0 radical (unpaired) electrons. The summed E-state index contributed by atoms with van der Waals surface area (Å²) in [4.78, 5) is 27.5. The van der Waals surface area contributed by atoms with Crippen LogP contribution < -0.4 is 20.7 Å². The summed E-state index contributed by atoms with van der Waals surface area (Å²) in [6, 6.07) is 28.1. The number of para-hydroxylation sites is 1. The Morgan fingerprint density at radius 3 is 2.11 bits per heavy atom. The van der Waals surface area contributed by atoms with Crippen LogP contribution in [0.3, 0.4) is 0 Å². The van der Waals surface area contributed by atoms with E-state index in [4.69, 9.17) is 15.2 Å². The first-order valence-electron chi connectivity index (χ1n) is 12.0. The number of benzene rings is 4. The van der Waals surface area contributed by atoms with E-state index in [1.807, 2.05) is 60.7 Å². The Morgan fingerprint density at radius 2 is 1.46 bits per heavy atom. The van der Waals surface area contributed by atoms with Gasteiger partial charge in [0.1, 0.15) is 24.5 Å². The number of nitrogens with one attached hydrogen (secondary N) is 1. The number of rotatable bonds is 7. The molecule has 0 bridgehead atoms. The number of fused-ring (bicyclic) bond motifs is 1. The normalized spacial score (nSPS) is 11.1. The number of anilines is 3. The maximum Gasteiger partial charge on any atom is 0.415 e. The fourth-order valence-electron chi connectivity index (χ4n) is 3.87. The molecule has 0 heterocycles. The lowest BCUT2D eigenvalue weighted by Gasteiger charge is -2.27. The summed E-state index contributed by atoms with van der Waals surface area (Å²) in [6.45, 7) is 5.48. The van der Waals surface area contributed by atoms with E-state index in [0.717, 1.165) is 16.3 Å². The molecule has 2 amide bonds.